The summed E-state index contributed by atoms with van der Waals surface area (Å²) in [5.74, 6) is -1.18. The van der Waals surface area contributed by atoms with E-state index < -0.39 is 23.5 Å². The monoisotopic (exact) mass is 555 g/mol. The summed E-state index contributed by atoms with van der Waals surface area (Å²) >= 11 is 12.6. The topological polar surface area (TPSA) is 85.3 Å². The number of aliphatic hydroxyl groups excluding tert-OH is 1. The van der Waals surface area contributed by atoms with E-state index in [4.69, 9.17) is 37.4 Å². The first-order valence-corrected chi connectivity index (χ1v) is 12.6. The van der Waals surface area contributed by atoms with Crippen molar-refractivity contribution in [1.82, 2.24) is 4.90 Å². The van der Waals surface area contributed by atoms with Crippen LogP contribution in [-0.2, 0) is 20.9 Å². The van der Waals surface area contributed by atoms with Gasteiger partial charge >= 0.3 is 0 Å². The lowest BCUT2D eigenvalue weighted by Gasteiger charge is -2.25. The van der Waals surface area contributed by atoms with Gasteiger partial charge in [-0.3, -0.25) is 9.59 Å². The molecule has 1 amide bonds. The van der Waals surface area contributed by atoms with Gasteiger partial charge in [0, 0.05) is 19.2 Å². The number of hydrogen-bond donors (Lipinski definition) is 1. The summed E-state index contributed by atoms with van der Waals surface area (Å²) in [4.78, 5) is 27.7. The third-order valence-electron chi connectivity index (χ3n) is 6.25. The van der Waals surface area contributed by atoms with Crippen LogP contribution in [-0.4, -0.2) is 49.1 Å². The van der Waals surface area contributed by atoms with Crippen molar-refractivity contribution < 1.29 is 28.9 Å². The number of hydrogen-bond acceptors (Lipinski definition) is 6. The number of rotatable bonds is 9. The molecule has 4 rings (SSSR count). The van der Waals surface area contributed by atoms with Crippen LogP contribution in [0.5, 0.6) is 11.5 Å². The van der Waals surface area contributed by atoms with Crippen LogP contribution in [0, 0.1) is 6.92 Å². The summed E-state index contributed by atoms with van der Waals surface area (Å²) in [6.07, 6.45) is 0. The molecule has 9 heteroatoms. The van der Waals surface area contributed by atoms with E-state index in [2.05, 4.69) is 0 Å². The number of likely N-dealkylation sites (tertiary alicyclic amines) is 1. The van der Waals surface area contributed by atoms with Gasteiger partial charge in [0.1, 0.15) is 18.1 Å². The molecule has 0 bridgehead atoms. The van der Waals surface area contributed by atoms with Crippen molar-refractivity contribution >= 4 is 40.7 Å². The van der Waals surface area contributed by atoms with Crippen molar-refractivity contribution in [2.75, 3.05) is 27.4 Å². The fraction of sp³-hybridized carbons (Fsp3) is 0.241. The summed E-state index contributed by atoms with van der Waals surface area (Å²) in [5, 5.41) is 11.6. The van der Waals surface area contributed by atoms with Crippen molar-refractivity contribution in [2.24, 2.45) is 0 Å². The maximum atomic E-state index is 13.2. The number of ketones is 1. The van der Waals surface area contributed by atoms with Crippen LogP contribution < -0.4 is 9.47 Å². The van der Waals surface area contributed by atoms with Crippen LogP contribution in [0.4, 0.5) is 0 Å². The fourth-order valence-corrected chi connectivity index (χ4v) is 4.96. The molecule has 198 valence electrons. The second kappa shape index (κ2) is 11.9. The Morgan fingerprint density at radius 3 is 2.32 bits per heavy atom. The molecule has 0 radical (unpaired) electrons. The quantitative estimate of drug-likeness (QED) is 0.199. The van der Waals surface area contributed by atoms with Gasteiger partial charge in [0.2, 0.25) is 0 Å². The zero-order chi connectivity index (χ0) is 27.4. The smallest absolute Gasteiger partial charge is 0.295 e. The van der Waals surface area contributed by atoms with Gasteiger partial charge in [-0.1, -0.05) is 65.2 Å². The minimum absolute atomic E-state index is 0.0842. The molecule has 0 saturated carbocycles. The number of ether oxygens (including phenoxy) is 3. The van der Waals surface area contributed by atoms with Gasteiger partial charge in [0.25, 0.3) is 11.7 Å². The molecule has 0 spiro atoms. The average Bonchev–Trinajstić information content (AvgIpc) is 3.16. The van der Waals surface area contributed by atoms with E-state index in [0.717, 1.165) is 11.1 Å². The summed E-state index contributed by atoms with van der Waals surface area (Å²) in [5.41, 5.74) is 2.84. The van der Waals surface area contributed by atoms with Crippen molar-refractivity contribution in [3.8, 4) is 11.5 Å². The van der Waals surface area contributed by atoms with Gasteiger partial charge in [-0.25, -0.2) is 0 Å². The molecule has 1 N–H and O–H groups in total. The number of carbonyl (C=O) groups excluding carboxylic acids is 2. The number of aliphatic hydroxyl groups is 1. The second-order valence-electron chi connectivity index (χ2n) is 8.81. The Labute approximate surface area is 231 Å². The van der Waals surface area contributed by atoms with Gasteiger partial charge in [0.15, 0.2) is 5.75 Å². The van der Waals surface area contributed by atoms with E-state index in [1.165, 1.54) is 31.3 Å². The summed E-state index contributed by atoms with van der Waals surface area (Å²) in [6, 6.07) is 17.1. The highest BCUT2D eigenvalue weighted by molar-refractivity contribution is 6.46. The summed E-state index contributed by atoms with van der Waals surface area (Å²) < 4.78 is 16.4. The molecule has 1 atom stereocenters. The Balaban J connectivity index is 1.76. The Morgan fingerprint density at radius 1 is 1.00 bits per heavy atom. The van der Waals surface area contributed by atoms with Gasteiger partial charge < -0.3 is 24.2 Å². The average molecular weight is 556 g/mol. The summed E-state index contributed by atoms with van der Waals surface area (Å²) in [6.45, 7) is 2.70. The van der Waals surface area contributed by atoms with Crippen LogP contribution in [0.3, 0.4) is 0 Å². The molecule has 3 aromatic carbocycles. The number of carbonyl (C=O) groups is 2. The van der Waals surface area contributed by atoms with E-state index >= 15 is 0 Å². The Kier molecular flexibility index (Phi) is 8.62. The molecule has 0 aliphatic carbocycles. The molecule has 0 aromatic heterocycles. The first kappa shape index (κ1) is 27.5. The molecule has 38 heavy (non-hydrogen) atoms. The number of halogens is 2. The van der Waals surface area contributed by atoms with Crippen LogP contribution in [0.2, 0.25) is 10.0 Å². The molecule has 1 aliphatic rings. The molecule has 1 fully saturated rings. The second-order valence-corrected chi connectivity index (χ2v) is 9.62. The number of amides is 1. The standard InChI is InChI=1S/C29H27Cl2NO6/c1-17-7-9-18(10-8-17)16-38-21-6-4-5-19(13-21)25-24(27(34)29(35)32(25)11-12-36-2)26(33)20-14-22(30)28(37-3)23(31)15-20/h4-10,13-15,25,33H,11-12,16H2,1-3H3/b26-24+. The molecular weight excluding hydrogens is 529 g/mol. The molecular formula is C29H27Cl2NO6. The SMILES string of the molecule is COCCN1C(=O)C(=O)/C(=C(/O)c2cc(Cl)c(OC)c(Cl)c2)C1c1cccc(OCc2ccc(C)cc2)c1. The van der Waals surface area contributed by atoms with E-state index in [0.29, 0.717) is 17.9 Å². The molecule has 7 nitrogen and oxygen atoms in total. The number of Topliss-reactive ketones (excluding diaryl/α,β-unsaturated/α-hetero) is 1. The lowest BCUT2D eigenvalue weighted by atomic mass is 9.95. The highest BCUT2D eigenvalue weighted by atomic mass is 35.5. The van der Waals surface area contributed by atoms with Crippen LogP contribution in [0.1, 0.15) is 28.3 Å². The number of methoxy groups -OCH3 is 2. The number of benzene rings is 3. The highest BCUT2D eigenvalue weighted by Gasteiger charge is 2.46. The third-order valence-corrected chi connectivity index (χ3v) is 6.81. The molecule has 3 aromatic rings. The van der Waals surface area contributed by atoms with Crippen molar-refractivity contribution in [3.63, 3.8) is 0 Å². The van der Waals surface area contributed by atoms with Gasteiger partial charge in [-0.2, -0.15) is 0 Å². The molecule has 1 saturated heterocycles. The van der Waals surface area contributed by atoms with E-state index in [1.807, 2.05) is 31.2 Å². The largest absolute Gasteiger partial charge is 0.507 e. The Hall–Kier alpha value is -3.52. The van der Waals surface area contributed by atoms with Gasteiger partial charge in [-0.05, 0) is 42.3 Å². The van der Waals surface area contributed by atoms with Gasteiger partial charge in [0.05, 0.1) is 35.4 Å². The maximum Gasteiger partial charge on any atom is 0.295 e. The molecule has 1 heterocycles. The first-order chi connectivity index (χ1) is 18.2. The van der Waals surface area contributed by atoms with Crippen LogP contribution >= 0.6 is 23.2 Å². The zero-order valence-electron chi connectivity index (χ0n) is 21.2. The van der Waals surface area contributed by atoms with E-state index in [9.17, 15) is 14.7 Å². The molecule has 1 unspecified atom stereocenters. The van der Waals surface area contributed by atoms with E-state index in [-0.39, 0.29) is 40.1 Å². The minimum atomic E-state index is -0.882. The zero-order valence-corrected chi connectivity index (χ0v) is 22.7. The van der Waals surface area contributed by atoms with Crippen molar-refractivity contribution in [3.05, 3.63) is 98.5 Å². The number of nitrogens with zero attached hydrogens (tertiary/aromatic N) is 1. The predicted molar refractivity (Wildman–Crippen MR) is 146 cm³/mol. The normalized spacial score (nSPS) is 16.7. The number of aryl methyl sites for hydroxylation is 1. The van der Waals surface area contributed by atoms with Crippen LogP contribution in [0.25, 0.3) is 5.76 Å². The van der Waals surface area contributed by atoms with Gasteiger partial charge in [-0.15, -0.1) is 0 Å². The Morgan fingerprint density at radius 2 is 1.68 bits per heavy atom. The lowest BCUT2D eigenvalue weighted by molar-refractivity contribution is -0.140. The minimum Gasteiger partial charge on any atom is -0.507 e. The first-order valence-electron chi connectivity index (χ1n) is 11.8. The predicted octanol–water partition coefficient (Wildman–Crippen LogP) is 5.96. The Bertz CT molecular complexity index is 1360. The fourth-order valence-electron chi connectivity index (χ4n) is 4.32. The van der Waals surface area contributed by atoms with Crippen molar-refractivity contribution in [2.45, 2.75) is 19.6 Å². The summed E-state index contributed by atoms with van der Waals surface area (Å²) in [7, 11) is 2.92. The van der Waals surface area contributed by atoms with Crippen molar-refractivity contribution in [1.29, 1.82) is 0 Å². The highest BCUT2D eigenvalue weighted by Crippen LogP contribution is 2.42. The maximum absolute atomic E-state index is 13.2. The van der Waals surface area contributed by atoms with Crippen LogP contribution in [0.15, 0.2) is 66.2 Å². The van der Waals surface area contributed by atoms with E-state index in [1.54, 1.807) is 24.3 Å². The molecule has 1 aliphatic heterocycles. The third kappa shape index (κ3) is 5.65. The lowest BCUT2D eigenvalue weighted by Crippen LogP contribution is -2.32.